The molecule has 0 spiro atoms. The number of imidazole rings is 2. The van der Waals surface area contributed by atoms with Gasteiger partial charge in [-0.2, -0.15) is 0 Å². The van der Waals surface area contributed by atoms with Gasteiger partial charge in [-0.1, -0.05) is 12.1 Å². The van der Waals surface area contributed by atoms with Crippen LogP contribution in [0, 0.1) is 0 Å². The molecule has 1 saturated heterocycles. The van der Waals surface area contributed by atoms with E-state index in [0.29, 0.717) is 29.0 Å². The van der Waals surface area contributed by atoms with E-state index in [1.165, 1.54) is 0 Å². The van der Waals surface area contributed by atoms with Crippen molar-refractivity contribution in [2.24, 2.45) is 0 Å². The Balaban J connectivity index is 1.51. The van der Waals surface area contributed by atoms with Gasteiger partial charge in [0.1, 0.15) is 22.6 Å². The maximum Gasteiger partial charge on any atom is 0.276 e. The number of pyridine rings is 1. The minimum Gasteiger partial charge on any atom is -0.494 e. The molecule has 5 rings (SSSR count). The van der Waals surface area contributed by atoms with Crippen molar-refractivity contribution in [3.05, 3.63) is 54.0 Å². The lowest BCUT2D eigenvalue weighted by Gasteiger charge is -2.22. The Morgan fingerprint density at radius 1 is 1.28 bits per heavy atom. The Hall–Kier alpha value is -3.39. The molecule has 29 heavy (non-hydrogen) atoms. The monoisotopic (exact) mass is 391 g/mol. The molecule has 8 heteroatoms. The summed E-state index contributed by atoms with van der Waals surface area (Å²) >= 11 is 0. The first kappa shape index (κ1) is 17.7. The smallest absolute Gasteiger partial charge is 0.276 e. The Bertz CT molecular complexity index is 1190. The molecule has 8 nitrogen and oxygen atoms in total. The van der Waals surface area contributed by atoms with Crippen molar-refractivity contribution in [3.63, 3.8) is 0 Å². The summed E-state index contributed by atoms with van der Waals surface area (Å²) in [5.74, 6) is 1.17. The lowest BCUT2D eigenvalue weighted by Crippen LogP contribution is -2.15. The zero-order chi connectivity index (χ0) is 19.8. The van der Waals surface area contributed by atoms with Gasteiger partial charge in [-0.05, 0) is 42.5 Å². The number of rotatable bonds is 4. The van der Waals surface area contributed by atoms with Crippen molar-refractivity contribution in [1.29, 1.82) is 0 Å². The van der Waals surface area contributed by atoms with Crippen molar-refractivity contribution in [2.45, 2.75) is 18.8 Å². The number of nitrogens with one attached hydrogen (secondary N) is 2. The van der Waals surface area contributed by atoms with Gasteiger partial charge in [0.15, 0.2) is 0 Å². The highest BCUT2D eigenvalue weighted by Crippen LogP contribution is 2.36. The molecule has 0 bridgehead atoms. The number of methoxy groups -OCH3 is 1. The zero-order valence-corrected chi connectivity index (χ0v) is 16.0. The molecular formula is C21H21N5O3. The van der Waals surface area contributed by atoms with Crippen LogP contribution in [0.2, 0.25) is 0 Å². The molecule has 4 heterocycles. The van der Waals surface area contributed by atoms with Gasteiger partial charge in [0, 0.05) is 19.4 Å². The Labute approximate surface area is 166 Å². The Kier molecular flexibility index (Phi) is 4.40. The molecule has 1 fully saturated rings. The fourth-order valence-electron chi connectivity index (χ4n) is 3.93. The van der Waals surface area contributed by atoms with Crippen LogP contribution in [0.15, 0.2) is 42.7 Å². The van der Waals surface area contributed by atoms with Gasteiger partial charge in [0.25, 0.3) is 5.91 Å². The highest BCUT2D eigenvalue weighted by Gasteiger charge is 2.22. The highest BCUT2D eigenvalue weighted by atomic mass is 16.5. The molecule has 1 aliphatic rings. The van der Waals surface area contributed by atoms with Crippen LogP contribution in [-0.4, -0.2) is 45.6 Å². The molecule has 1 aliphatic heterocycles. The molecule has 2 N–H and O–H groups in total. The summed E-state index contributed by atoms with van der Waals surface area (Å²) in [5.41, 5.74) is 3.91. The van der Waals surface area contributed by atoms with Crippen molar-refractivity contribution >= 4 is 28.5 Å². The van der Waals surface area contributed by atoms with E-state index in [9.17, 15) is 4.79 Å². The summed E-state index contributed by atoms with van der Waals surface area (Å²) < 4.78 is 12.7. The molecule has 0 radical (unpaired) electrons. The number of carbonyl (C=O) groups is 1. The molecule has 148 valence electrons. The molecule has 4 aromatic rings. The number of anilines is 1. The van der Waals surface area contributed by atoms with Gasteiger partial charge < -0.3 is 14.5 Å². The third kappa shape index (κ3) is 3.11. The molecule has 0 atom stereocenters. The van der Waals surface area contributed by atoms with Crippen LogP contribution in [0.1, 0.15) is 34.8 Å². The lowest BCUT2D eigenvalue weighted by molar-refractivity contribution is 0.0856. The first-order chi connectivity index (χ1) is 14.2. The van der Waals surface area contributed by atoms with Gasteiger partial charge >= 0.3 is 0 Å². The average molecular weight is 391 g/mol. The number of carbonyl (C=O) groups excluding carboxylic acids is 1. The number of H-pyrrole nitrogens is 1. The fourth-order valence-corrected chi connectivity index (χ4v) is 3.93. The van der Waals surface area contributed by atoms with Gasteiger partial charge in [0.05, 0.1) is 18.8 Å². The topological polar surface area (TPSA) is 93.5 Å². The van der Waals surface area contributed by atoms with Crippen molar-refractivity contribution in [2.75, 3.05) is 25.6 Å². The predicted molar refractivity (Wildman–Crippen MR) is 109 cm³/mol. The number of benzene rings is 1. The third-order valence-corrected chi connectivity index (χ3v) is 5.40. The highest BCUT2D eigenvalue weighted by molar-refractivity contribution is 6.03. The number of amides is 1. The van der Waals surface area contributed by atoms with Crippen LogP contribution < -0.4 is 10.1 Å². The first-order valence-electron chi connectivity index (χ1n) is 9.62. The molecule has 1 amide bonds. The molecule has 0 unspecified atom stereocenters. The Morgan fingerprint density at radius 2 is 2.14 bits per heavy atom. The number of hydrogen-bond acceptors (Lipinski definition) is 5. The number of fused-ring (bicyclic) bond motifs is 2. The van der Waals surface area contributed by atoms with Gasteiger partial charge in [-0.25, -0.2) is 9.97 Å². The average Bonchev–Trinajstić information content (AvgIpc) is 3.38. The van der Waals surface area contributed by atoms with Crippen LogP contribution in [0.25, 0.3) is 16.7 Å². The fraction of sp³-hybridized carbons (Fsp3) is 0.286. The summed E-state index contributed by atoms with van der Waals surface area (Å²) in [7, 11) is 1.63. The molecule has 0 aliphatic carbocycles. The standard InChI is InChI=1S/C21H21N5O3/c1-28-16-6-5-14(13-7-10-29-11-8-13)18-19(16)24-21(23-18)25-20(27)15-12-22-17-4-2-3-9-26(15)17/h2-6,9,12-13H,7-8,10-11H2,1H3,(H2,23,24,25,27). The van der Waals surface area contributed by atoms with E-state index >= 15 is 0 Å². The summed E-state index contributed by atoms with van der Waals surface area (Å²) in [6, 6.07) is 9.60. The van der Waals surface area contributed by atoms with Crippen LogP contribution in [0.3, 0.4) is 0 Å². The number of nitrogens with zero attached hydrogens (tertiary/aromatic N) is 3. The molecule has 0 saturated carbocycles. The quantitative estimate of drug-likeness (QED) is 0.556. The van der Waals surface area contributed by atoms with Crippen molar-refractivity contribution in [1.82, 2.24) is 19.4 Å². The zero-order valence-electron chi connectivity index (χ0n) is 16.0. The molecule has 3 aromatic heterocycles. The van der Waals surface area contributed by atoms with E-state index in [4.69, 9.17) is 9.47 Å². The minimum atomic E-state index is -0.283. The van der Waals surface area contributed by atoms with Crippen LogP contribution in [-0.2, 0) is 4.74 Å². The van der Waals surface area contributed by atoms with Crippen molar-refractivity contribution < 1.29 is 14.3 Å². The second-order valence-electron chi connectivity index (χ2n) is 7.08. The van der Waals surface area contributed by atoms with E-state index in [1.54, 1.807) is 17.7 Å². The maximum atomic E-state index is 12.8. The summed E-state index contributed by atoms with van der Waals surface area (Å²) in [4.78, 5) is 25.0. The molecule has 1 aromatic carbocycles. The second kappa shape index (κ2) is 7.21. The Morgan fingerprint density at radius 3 is 2.97 bits per heavy atom. The van der Waals surface area contributed by atoms with Crippen molar-refractivity contribution in [3.8, 4) is 5.75 Å². The van der Waals surface area contributed by atoms with Gasteiger partial charge in [-0.15, -0.1) is 0 Å². The first-order valence-corrected chi connectivity index (χ1v) is 9.62. The van der Waals surface area contributed by atoms with E-state index < -0.39 is 0 Å². The van der Waals surface area contributed by atoms with Crippen LogP contribution >= 0.6 is 0 Å². The van der Waals surface area contributed by atoms with Gasteiger partial charge in [-0.3, -0.25) is 14.5 Å². The second-order valence-corrected chi connectivity index (χ2v) is 7.08. The lowest BCUT2D eigenvalue weighted by atomic mass is 9.90. The van der Waals surface area contributed by atoms with E-state index in [0.717, 1.165) is 42.7 Å². The summed E-state index contributed by atoms with van der Waals surface area (Å²) in [6.45, 7) is 1.50. The molecular weight excluding hydrogens is 370 g/mol. The minimum absolute atomic E-state index is 0.283. The van der Waals surface area contributed by atoms with Crippen LogP contribution in [0.4, 0.5) is 5.95 Å². The maximum absolute atomic E-state index is 12.8. The third-order valence-electron chi connectivity index (χ3n) is 5.40. The number of hydrogen-bond donors (Lipinski definition) is 2. The SMILES string of the molecule is COc1ccc(C2CCOCC2)c2nc(NC(=O)c3cnc4ccccn34)[nH]c12. The van der Waals surface area contributed by atoms with E-state index in [-0.39, 0.29) is 5.91 Å². The number of ether oxygens (including phenoxy) is 2. The summed E-state index contributed by atoms with van der Waals surface area (Å²) in [6.07, 6.45) is 5.28. The largest absolute Gasteiger partial charge is 0.494 e. The van der Waals surface area contributed by atoms with E-state index in [1.807, 2.05) is 30.5 Å². The predicted octanol–water partition coefficient (Wildman–Crippen LogP) is 3.37. The van der Waals surface area contributed by atoms with Crippen LogP contribution in [0.5, 0.6) is 5.75 Å². The number of aromatic amines is 1. The van der Waals surface area contributed by atoms with Gasteiger partial charge in [0.2, 0.25) is 5.95 Å². The normalized spacial score (nSPS) is 15.1. The number of aromatic nitrogens is 4. The van der Waals surface area contributed by atoms with E-state index in [2.05, 4.69) is 26.3 Å². The summed E-state index contributed by atoms with van der Waals surface area (Å²) in [5, 5.41) is 2.86.